The summed E-state index contributed by atoms with van der Waals surface area (Å²) in [5, 5.41) is 12.7. The molecule has 0 radical (unpaired) electrons. The summed E-state index contributed by atoms with van der Waals surface area (Å²) in [6, 6.07) is 5.59. The monoisotopic (exact) mass is 362 g/mol. The average Bonchev–Trinajstić information content (AvgIpc) is 3.01. The van der Waals surface area contributed by atoms with Crippen molar-refractivity contribution in [2.45, 2.75) is 57.8 Å². The number of phenolic OH excluding ortho intramolecular Hbond substituents is 1. The number of hydrogen-bond donors (Lipinski definition) is 2. The van der Waals surface area contributed by atoms with Crippen molar-refractivity contribution in [3.63, 3.8) is 0 Å². The summed E-state index contributed by atoms with van der Waals surface area (Å²) in [5.74, 6) is 0.751. The van der Waals surface area contributed by atoms with E-state index in [4.69, 9.17) is 9.47 Å². The molecule has 0 aromatic heterocycles. The normalized spacial score (nSPS) is 22.5. The van der Waals surface area contributed by atoms with Gasteiger partial charge in [0.25, 0.3) is 0 Å². The van der Waals surface area contributed by atoms with Crippen molar-refractivity contribution in [2.24, 2.45) is 0 Å². The van der Waals surface area contributed by atoms with E-state index < -0.39 is 0 Å². The topological polar surface area (TPSA) is 71.0 Å². The highest BCUT2D eigenvalue weighted by Crippen LogP contribution is 2.39. The van der Waals surface area contributed by atoms with Crippen LogP contribution in [-0.2, 0) is 16.1 Å². The van der Waals surface area contributed by atoms with Gasteiger partial charge >= 0.3 is 0 Å². The van der Waals surface area contributed by atoms with Crippen molar-refractivity contribution < 1.29 is 19.4 Å². The van der Waals surface area contributed by atoms with Crippen molar-refractivity contribution >= 4 is 5.91 Å². The Morgan fingerprint density at radius 1 is 1.38 bits per heavy atom. The van der Waals surface area contributed by atoms with Crippen LogP contribution in [0.3, 0.4) is 0 Å². The first-order chi connectivity index (χ1) is 12.5. The smallest absolute Gasteiger partial charge is 0.216 e. The maximum Gasteiger partial charge on any atom is 0.216 e. The Hall–Kier alpha value is -1.79. The van der Waals surface area contributed by atoms with Crippen molar-refractivity contribution in [2.75, 3.05) is 26.2 Å². The summed E-state index contributed by atoms with van der Waals surface area (Å²) in [6.07, 6.45) is 4.31. The Kier molecular flexibility index (Phi) is 6.04. The Bertz CT molecular complexity index is 626. The van der Waals surface area contributed by atoms with E-state index >= 15 is 0 Å². The minimum atomic E-state index is -0.00886. The molecule has 3 rings (SSSR count). The summed E-state index contributed by atoms with van der Waals surface area (Å²) >= 11 is 0. The predicted octanol–water partition coefficient (Wildman–Crippen LogP) is 2.44. The van der Waals surface area contributed by atoms with Gasteiger partial charge in [-0.1, -0.05) is 6.07 Å². The van der Waals surface area contributed by atoms with Gasteiger partial charge in [-0.05, 0) is 50.3 Å². The quantitative estimate of drug-likeness (QED) is 0.813. The number of piperidine rings is 1. The first-order valence-electron chi connectivity index (χ1n) is 9.59. The number of hydrogen-bond acceptors (Lipinski definition) is 5. The Morgan fingerprint density at radius 2 is 2.15 bits per heavy atom. The molecule has 1 spiro atoms. The van der Waals surface area contributed by atoms with Crippen LogP contribution < -0.4 is 10.1 Å². The van der Waals surface area contributed by atoms with Crippen LogP contribution in [0.2, 0.25) is 0 Å². The van der Waals surface area contributed by atoms with Gasteiger partial charge in [0, 0.05) is 33.1 Å². The van der Waals surface area contributed by atoms with E-state index in [0.717, 1.165) is 50.9 Å². The molecular weight excluding hydrogens is 332 g/mol. The Balaban J connectivity index is 1.50. The van der Waals surface area contributed by atoms with Crippen molar-refractivity contribution in [1.82, 2.24) is 10.2 Å². The fourth-order valence-corrected chi connectivity index (χ4v) is 3.97. The molecule has 26 heavy (non-hydrogen) atoms. The third-order valence-electron chi connectivity index (χ3n) is 5.41. The summed E-state index contributed by atoms with van der Waals surface area (Å²) in [6.45, 7) is 7.47. The van der Waals surface area contributed by atoms with E-state index in [-0.39, 0.29) is 23.4 Å². The minimum absolute atomic E-state index is 0.00434. The lowest BCUT2D eigenvalue weighted by molar-refractivity contribution is -0.120. The largest absolute Gasteiger partial charge is 0.504 e. The molecular formula is C20H30N2O4. The maximum atomic E-state index is 11.1. The highest BCUT2D eigenvalue weighted by molar-refractivity contribution is 5.72. The molecule has 1 atom stereocenters. The fourth-order valence-electron chi connectivity index (χ4n) is 3.97. The molecule has 1 aromatic rings. The number of amides is 1. The number of rotatable bonds is 6. The van der Waals surface area contributed by atoms with Gasteiger partial charge in [-0.25, -0.2) is 0 Å². The highest BCUT2D eigenvalue weighted by atomic mass is 16.5. The van der Waals surface area contributed by atoms with Gasteiger partial charge in [0.05, 0.1) is 18.3 Å². The van der Waals surface area contributed by atoms with Crippen LogP contribution in [0.15, 0.2) is 18.2 Å². The standard InChI is InChI=1S/C20H30N2O4/c1-3-25-19-12-16(4-5-18(19)24)14-22-10-8-20(9-11-22)7-6-17(26-20)13-21-15(2)23/h4-5,12,17,24H,3,6-11,13-14H2,1-2H3,(H,21,23). The minimum Gasteiger partial charge on any atom is -0.504 e. The number of nitrogens with zero attached hydrogens (tertiary/aromatic N) is 1. The molecule has 6 nitrogen and oxygen atoms in total. The van der Waals surface area contributed by atoms with Gasteiger partial charge in [0.15, 0.2) is 11.5 Å². The molecule has 2 N–H and O–H groups in total. The Labute approximate surface area is 155 Å². The van der Waals surface area contributed by atoms with Crippen molar-refractivity contribution in [1.29, 1.82) is 0 Å². The number of carbonyl (C=O) groups is 1. The van der Waals surface area contributed by atoms with Crippen LogP contribution in [0.25, 0.3) is 0 Å². The van der Waals surface area contributed by atoms with E-state index in [1.807, 2.05) is 19.1 Å². The molecule has 6 heteroatoms. The van der Waals surface area contributed by atoms with Gasteiger partial charge in [-0.3, -0.25) is 9.69 Å². The number of benzene rings is 1. The molecule has 2 fully saturated rings. The number of phenols is 1. The van der Waals surface area contributed by atoms with Gasteiger partial charge < -0.3 is 19.9 Å². The molecule has 1 amide bonds. The lowest BCUT2D eigenvalue weighted by Gasteiger charge is -2.39. The van der Waals surface area contributed by atoms with E-state index in [0.29, 0.717) is 18.9 Å². The molecule has 2 aliphatic rings. The van der Waals surface area contributed by atoms with Crippen LogP contribution in [-0.4, -0.2) is 53.9 Å². The van der Waals surface area contributed by atoms with Crippen LogP contribution >= 0.6 is 0 Å². The maximum absolute atomic E-state index is 11.1. The number of carbonyl (C=O) groups excluding carboxylic acids is 1. The third kappa shape index (κ3) is 4.68. The molecule has 1 aromatic carbocycles. The van der Waals surface area contributed by atoms with E-state index in [9.17, 15) is 9.90 Å². The van der Waals surface area contributed by atoms with E-state index in [1.54, 1.807) is 13.0 Å². The van der Waals surface area contributed by atoms with Crippen LogP contribution in [0.4, 0.5) is 0 Å². The predicted molar refractivity (Wildman–Crippen MR) is 99.3 cm³/mol. The van der Waals surface area contributed by atoms with Gasteiger partial charge in [-0.2, -0.15) is 0 Å². The second kappa shape index (κ2) is 8.27. The molecule has 0 saturated carbocycles. The zero-order valence-corrected chi connectivity index (χ0v) is 15.8. The van der Waals surface area contributed by atoms with Crippen LogP contribution in [0.5, 0.6) is 11.5 Å². The molecule has 144 valence electrons. The van der Waals surface area contributed by atoms with Gasteiger partial charge in [0.1, 0.15) is 0 Å². The van der Waals surface area contributed by atoms with Crippen molar-refractivity contribution in [3.8, 4) is 11.5 Å². The Morgan fingerprint density at radius 3 is 2.85 bits per heavy atom. The zero-order valence-electron chi connectivity index (χ0n) is 15.8. The van der Waals surface area contributed by atoms with Crippen LogP contribution in [0, 0.1) is 0 Å². The summed E-state index contributed by atoms with van der Waals surface area (Å²) in [7, 11) is 0. The second-order valence-electron chi connectivity index (χ2n) is 7.41. The number of ether oxygens (including phenoxy) is 2. The second-order valence-corrected chi connectivity index (χ2v) is 7.41. The first-order valence-corrected chi connectivity index (χ1v) is 9.59. The average molecular weight is 362 g/mol. The molecule has 1 unspecified atom stereocenters. The van der Waals surface area contributed by atoms with Crippen LogP contribution in [0.1, 0.15) is 45.1 Å². The first kappa shape index (κ1) is 19.0. The van der Waals surface area contributed by atoms with Gasteiger partial charge in [-0.15, -0.1) is 0 Å². The molecule has 0 aliphatic carbocycles. The highest BCUT2D eigenvalue weighted by Gasteiger charge is 2.42. The van der Waals surface area contributed by atoms with E-state index in [1.165, 1.54) is 0 Å². The number of likely N-dealkylation sites (tertiary alicyclic amines) is 1. The van der Waals surface area contributed by atoms with E-state index in [2.05, 4.69) is 10.2 Å². The summed E-state index contributed by atoms with van der Waals surface area (Å²) < 4.78 is 11.8. The SMILES string of the molecule is CCOc1cc(CN2CCC3(CCC(CNC(C)=O)O3)CC2)ccc1O. The zero-order chi connectivity index (χ0) is 18.6. The number of nitrogens with one attached hydrogen (secondary N) is 1. The lowest BCUT2D eigenvalue weighted by atomic mass is 9.88. The molecule has 2 saturated heterocycles. The lowest BCUT2D eigenvalue weighted by Crippen LogP contribution is -2.44. The van der Waals surface area contributed by atoms with Crippen molar-refractivity contribution in [3.05, 3.63) is 23.8 Å². The molecule has 2 heterocycles. The van der Waals surface area contributed by atoms with Gasteiger partial charge in [0.2, 0.25) is 5.91 Å². The fraction of sp³-hybridized carbons (Fsp3) is 0.650. The third-order valence-corrected chi connectivity index (χ3v) is 5.41. The molecule has 0 bridgehead atoms. The summed E-state index contributed by atoms with van der Waals surface area (Å²) in [4.78, 5) is 13.5. The number of aromatic hydroxyl groups is 1. The molecule has 2 aliphatic heterocycles. The summed E-state index contributed by atoms with van der Waals surface area (Å²) in [5.41, 5.74) is 1.14.